The molecule has 0 spiro atoms. The van der Waals surface area contributed by atoms with Crippen LogP contribution in [0.2, 0.25) is 0 Å². The number of methoxy groups -OCH3 is 1. The molecule has 0 fully saturated rings. The Balaban J connectivity index is 1.64. The van der Waals surface area contributed by atoms with Crippen molar-refractivity contribution >= 4 is 12.1 Å². The molecule has 1 N–H and O–H groups in total. The summed E-state index contributed by atoms with van der Waals surface area (Å²) < 4.78 is 10.9. The van der Waals surface area contributed by atoms with Gasteiger partial charge in [0.25, 0.3) is 5.91 Å². The smallest absolute Gasteiger partial charge is 0.271 e. The molecule has 0 aliphatic heterocycles. The largest absolute Gasteiger partial charge is 0.497 e. The topological polar surface area (TPSA) is 59.9 Å². The van der Waals surface area contributed by atoms with E-state index in [1.807, 2.05) is 36.4 Å². The van der Waals surface area contributed by atoms with E-state index in [0.29, 0.717) is 12.2 Å². The monoisotopic (exact) mass is 410 g/mol. The van der Waals surface area contributed by atoms with Crippen LogP contribution in [0.15, 0.2) is 53.6 Å². The van der Waals surface area contributed by atoms with Crippen LogP contribution in [0.1, 0.15) is 74.2 Å². The molecule has 0 aromatic heterocycles. The number of nitrogens with zero attached hydrogens (tertiary/aromatic N) is 1. The van der Waals surface area contributed by atoms with Crippen LogP contribution < -0.4 is 14.9 Å². The van der Waals surface area contributed by atoms with Crippen molar-refractivity contribution < 1.29 is 14.3 Å². The lowest BCUT2D eigenvalue weighted by atomic mass is 10.1. The molecule has 0 saturated heterocycles. The van der Waals surface area contributed by atoms with E-state index < -0.39 is 0 Å². The van der Waals surface area contributed by atoms with E-state index in [1.165, 1.54) is 44.9 Å². The average Bonchev–Trinajstić information content (AvgIpc) is 2.79. The fourth-order valence-electron chi connectivity index (χ4n) is 3.05. The van der Waals surface area contributed by atoms with E-state index in [0.717, 1.165) is 23.5 Å². The zero-order chi connectivity index (χ0) is 21.4. The molecule has 0 bridgehead atoms. The number of hydrogen-bond donors (Lipinski definition) is 1. The van der Waals surface area contributed by atoms with Crippen molar-refractivity contribution in [3.63, 3.8) is 0 Å². The van der Waals surface area contributed by atoms with Crippen molar-refractivity contribution in [3.8, 4) is 11.5 Å². The van der Waals surface area contributed by atoms with Gasteiger partial charge in [0.2, 0.25) is 0 Å². The molecule has 2 aromatic rings. The van der Waals surface area contributed by atoms with Gasteiger partial charge in [-0.15, -0.1) is 0 Å². The Bertz CT molecular complexity index is 755. The Morgan fingerprint density at radius 3 is 2.10 bits per heavy atom. The lowest BCUT2D eigenvalue weighted by Gasteiger charge is -2.07. The van der Waals surface area contributed by atoms with Crippen molar-refractivity contribution in [1.29, 1.82) is 0 Å². The van der Waals surface area contributed by atoms with E-state index >= 15 is 0 Å². The number of benzene rings is 2. The number of hydrazone groups is 1. The van der Waals surface area contributed by atoms with Crippen LogP contribution in [0.3, 0.4) is 0 Å². The first-order chi connectivity index (χ1) is 14.7. The highest BCUT2D eigenvalue weighted by molar-refractivity contribution is 5.95. The summed E-state index contributed by atoms with van der Waals surface area (Å²) in [6, 6.07) is 14.6. The second-order valence-electron chi connectivity index (χ2n) is 7.32. The lowest BCUT2D eigenvalue weighted by molar-refractivity contribution is 0.0955. The van der Waals surface area contributed by atoms with Gasteiger partial charge in [-0.1, -0.05) is 51.9 Å². The lowest BCUT2D eigenvalue weighted by Crippen LogP contribution is -2.17. The first kappa shape index (κ1) is 23.5. The van der Waals surface area contributed by atoms with E-state index in [9.17, 15) is 4.79 Å². The van der Waals surface area contributed by atoms with Gasteiger partial charge in [0.15, 0.2) is 0 Å². The predicted octanol–water partition coefficient (Wildman–Crippen LogP) is 5.98. The first-order valence-electron chi connectivity index (χ1n) is 10.9. The zero-order valence-electron chi connectivity index (χ0n) is 18.2. The summed E-state index contributed by atoms with van der Waals surface area (Å²) in [5, 5.41) is 4.00. The summed E-state index contributed by atoms with van der Waals surface area (Å²) in [4.78, 5) is 12.2. The Morgan fingerprint density at radius 2 is 1.47 bits per heavy atom. The number of carbonyl (C=O) groups is 1. The molecular formula is C25H34N2O3. The van der Waals surface area contributed by atoms with E-state index in [-0.39, 0.29) is 5.91 Å². The zero-order valence-corrected chi connectivity index (χ0v) is 18.2. The molecule has 1 amide bonds. The van der Waals surface area contributed by atoms with Gasteiger partial charge in [0.05, 0.1) is 19.9 Å². The molecule has 2 rings (SSSR count). The summed E-state index contributed by atoms with van der Waals surface area (Å²) >= 11 is 0. The molecule has 0 radical (unpaired) electrons. The molecule has 0 heterocycles. The highest BCUT2D eigenvalue weighted by atomic mass is 16.5. The maximum absolute atomic E-state index is 12.2. The highest BCUT2D eigenvalue weighted by Crippen LogP contribution is 2.14. The van der Waals surface area contributed by atoms with Crippen LogP contribution in [0.25, 0.3) is 0 Å². The van der Waals surface area contributed by atoms with Crippen LogP contribution in [0, 0.1) is 0 Å². The molecule has 162 valence electrons. The highest BCUT2D eigenvalue weighted by Gasteiger charge is 2.04. The Labute approximate surface area is 180 Å². The van der Waals surface area contributed by atoms with Crippen molar-refractivity contribution in [3.05, 3.63) is 59.7 Å². The number of hydrogen-bond acceptors (Lipinski definition) is 4. The molecule has 5 nitrogen and oxygen atoms in total. The fourth-order valence-corrected chi connectivity index (χ4v) is 3.05. The first-order valence-corrected chi connectivity index (χ1v) is 10.9. The Morgan fingerprint density at radius 1 is 0.867 bits per heavy atom. The Hall–Kier alpha value is -2.82. The van der Waals surface area contributed by atoms with Crippen LogP contribution in [-0.4, -0.2) is 25.8 Å². The van der Waals surface area contributed by atoms with Gasteiger partial charge in [0, 0.05) is 5.56 Å². The third-order valence-corrected chi connectivity index (χ3v) is 4.88. The normalized spacial score (nSPS) is 10.9. The fraction of sp³-hybridized carbons (Fsp3) is 0.440. The molecule has 0 saturated carbocycles. The van der Waals surface area contributed by atoms with Gasteiger partial charge in [0.1, 0.15) is 11.5 Å². The molecule has 2 aromatic carbocycles. The standard InChI is InChI=1S/C25H34N2O3/c1-3-4-5-6-7-8-9-10-19-30-24-17-13-22(14-18-24)25(28)27-26-20-21-11-15-23(29-2)16-12-21/h11-18,20H,3-10,19H2,1-2H3,(H,27,28)/b26-20-. The molecule has 5 heteroatoms. The maximum atomic E-state index is 12.2. The van der Waals surface area contributed by atoms with Gasteiger partial charge in [-0.2, -0.15) is 5.10 Å². The number of amides is 1. The van der Waals surface area contributed by atoms with Crippen LogP contribution in [0.5, 0.6) is 11.5 Å². The van der Waals surface area contributed by atoms with Crippen molar-refractivity contribution in [2.45, 2.75) is 58.3 Å². The average molecular weight is 411 g/mol. The number of carbonyl (C=O) groups excluding carboxylic acids is 1. The molecule has 0 aliphatic rings. The molecular weight excluding hydrogens is 376 g/mol. The quantitative estimate of drug-likeness (QED) is 0.237. The summed E-state index contributed by atoms with van der Waals surface area (Å²) in [5.74, 6) is 1.31. The van der Waals surface area contributed by atoms with Crippen molar-refractivity contribution in [2.75, 3.05) is 13.7 Å². The minimum Gasteiger partial charge on any atom is -0.497 e. The van der Waals surface area contributed by atoms with E-state index in [1.54, 1.807) is 25.5 Å². The minimum atomic E-state index is -0.255. The molecule has 0 aliphatic carbocycles. The minimum absolute atomic E-state index is 0.255. The summed E-state index contributed by atoms with van der Waals surface area (Å²) in [7, 11) is 1.62. The van der Waals surface area contributed by atoms with Crippen LogP contribution >= 0.6 is 0 Å². The number of nitrogens with one attached hydrogen (secondary N) is 1. The van der Waals surface area contributed by atoms with Gasteiger partial charge in [-0.25, -0.2) is 5.43 Å². The number of unbranched alkanes of at least 4 members (excludes halogenated alkanes) is 7. The third-order valence-electron chi connectivity index (χ3n) is 4.88. The van der Waals surface area contributed by atoms with Crippen LogP contribution in [0.4, 0.5) is 0 Å². The molecule has 30 heavy (non-hydrogen) atoms. The van der Waals surface area contributed by atoms with Gasteiger partial charge < -0.3 is 9.47 Å². The Kier molecular flexibility index (Phi) is 11.1. The van der Waals surface area contributed by atoms with Gasteiger partial charge >= 0.3 is 0 Å². The van der Waals surface area contributed by atoms with Crippen LogP contribution in [-0.2, 0) is 0 Å². The SMILES string of the molecule is CCCCCCCCCCOc1ccc(C(=O)N/N=C\c2ccc(OC)cc2)cc1. The summed E-state index contributed by atoms with van der Waals surface area (Å²) in [6.07, 6.45) is 11.8. The van der Waals surface area contributed by atoms with Gasteiger partial charge in [-0.05, 0) is 60.5 Å². The number of ether oxygens (including phenoxy) is 2. The maximum Gasteiger partial charge on any atom is 0.271 e. The summed E-state index contributed by atoms with van der Waals surface area (Å²) in [6.45, 7) is 2.96. The van der Waals surface area contributed by atoms with Crippen molar-refractivity contribution in [1.82, 2.24) is 5.43 Å². The second kappa shape index (κ2) is 14.2. The van der Waals surface area contributed by atoms with E-state index in [4.69, 9.17) is 9.47 Å². The van der Waals surface area contributed by atoms with E-state index in [2.05, 4.69) is 17.5 Å². The van der Waals surface area contributed by atoms with Crippen molar-refractivity contribution in [2.24, 2.45) is 5.10 Å². The molecule has 0 unspecified atom stereocenters. The van der Waals surface area contributed by atoms with Gasteiger partial charge in [-0.3, -0.25) is 4.79 Å². The number of rotatable bonds is 14. The summed E-state index contributed by atoms with van der Waals surface area (Å²) in [5.41, 5.74) is 3.96. The third kappa shape index (κ3) is 9.12. The predicted molar refractivity (Wildman–Crippen MR) is 123 cm³/mol. The second-order valence-corrected chi connectivity index (χ2v) is 7.32. The molecule has 0 atom stereocenters.